The summed E-state index contributed by atoms with van der Waals surface area (Å²) in [6.45, 7) is 2.61. The van der Waals surface area contributed by atoms with Gasteiger partial charge in [0.05, 0.1) is 25.3 Å². The summed E-state index contributed by atoms with van der Waals surface area (Å²) in [5, 5.41) is 11.9. The number of rotatable bonds is 10. The van der Waals surface area contributed by atoms with Gasteiger partial charge in [-0.2, -0.15) is 0 Å². The fourth-order valence-corrected chi connectivity index (χ4v) is 3.67. The predicted molar refractivity (Wildman–Crippen MR) is 122 cm³/mol. The first-order chi connectivity index (χ1) is 15.6. The molecule has 0 radical (unpaired) electrons. The molecule has 0 unspecified atom stereocenters. The number of anilines is 1. The second-order valence-electron chi connectivity index (χ2n) is 7.44. The van der Waals surface area contributed by atoms with Crippen molar-refractivity contribution in [3.63, 3.8) is 0 Å². The zero-order valence-corrected chi connectivity index (χ0v) is 18.5. The molecule has 0 bridgehead atoms. The molecule has 9 heteroatoms. The van der Waals surface area contributed by atoms with E-state index in [1.54, 1.807) is 26.5 Å². The van der Waals surface area contributed by atoms with Crippen molar-refractivity contribution < 1.29 is 14.3 Å². The molecule has 0 aliphatic rings. The average Bonchev–Trinajstić information content (AvgIpc) is 3.22. The zero-order valence-electron chi connectivity index (χ0n) is 18.5. The molecule has 4 aromatic rings. The minimum absolute atomic E-state index is 0.0831. The van der Waals surface area contributed by atoms with Gasteiger partial charge in [-0.3, -0.25) is 14.2 Å². The summed E-state index contributed by atoms with van der Waals surface area (Å²) < 4.78 is 12.8. The zero-order chi connectivity index (χ0) is 22.5. The van der Waals surface area contributed by atoms with Crippen LogP contribution >= 0.6 is 0 Å². The third-order valence-corrected chi connectivity index (χ3v) is 5.31. The Labute approximate surface area is 185 Å². The summed E-state index contributed by atoms with van der Waals surface area (Å²) in [6, 6.07) is 9.13. The number of benzene rings is 1. The van der Waals surface area contributed by atoms with Crippen molar-refractivity contribution in [1.82, 2.24) is 24.6 Å². The molecule has 0 atom stereocenters. The van der Waals surface area contributed by atoms with Crippen LogP contribution in [0.25, 0.3) is 16.7 Å². The average molecular weight is 435 g/mol. The Balaban J connectivity index is 1.43. The van der Waals surface area contributed by atoms with E-state index >= 15 is 0 Å². The molecule has 0 aliphatic carbocycles. The molecular formula is C23H26N6O3. The highest BCUT2D eigenvalue weighted by molar-refractivity contribution is 5.94. The van der Waals surface area contributed by atoms with E-state index in [2.05, 4.69) is 20.5 Å². The maximum absolute atomic E-state index is 12.1. The van der Waals surface area contributed by atoms with Crippen molar-refractivity contribution in [3.05, 3.63) is 48.0 Å². The van der Waals surface area contributed by atoms with Gasteiger partial charge in [-0.1, -0.05) is 12.5 Å². The van der Waals surface area contributed by atoms with Crippen LogP contribution in [0.15, 0.2) is 36.5 Å². The molecule has 1 aromatic carbocycles. The number of nitrogens with zero attached hydrogens (tertiary/aromatic N) is 5. The molecule has 0 spiro atoms. The van der Waals surface area contributed by atoms with E-state index in [0.717, 1.165) is 36.1 Å². The summed E-state index contributed by atoms with van der Waals surface area (Å²) in [6.07, 6.45) is 4.79. The minimum Gasteiger partial charge on any atom is -0.493 e. The van der Waals surface area contributed by atoms with Crippen LogP contribution in [0.5, 0.6) is 11.5 Å². The maximum Gasteiger partial charge on any atom is 0.204 e. The largest absolute Gasteiger partial charge is 0.493 e. The summed E-state index contributed by atoms with van der Waals surface area (Å²) in [5.41, 5.74) is 2.79. The summed E-state index contributed by atoms with van der Waals surface area (Å²) in [4.78, 5) is 21.0. The minimum atomic E-state index is 0.0831. The summed E-state index contributed by atoms with van der Waals surface area (Å²) >= 11 is 0. The van der Waals surface area contributed by atoms with Crippen LogP contribution in [-0.4, -0.2) is 51.1 Å². The van der Waals surface area contributed by atoms with Crippen molar-refractivity contribution in [2.75, 3.05) is 26.1 Å². The molecule has 3 aromatic heterocycles. The number of methoxy groups -OCH3 is 2. The number of hydrogen-bond acceptors (Lipinski definition) is 8. The standard InChI is InChI=1S/C23H26N6O3/c1-15-27-28-23-22(25-12-7-4-5-10-19(30)16-9-6-8-11-24-16)26-17-13-20(31-2)21(32-3)14-18(17)29(15)23/h6,8-9,11,13-14H,4-5,7,10,12H2,1-3H3,(H,25,26). The quantitative estimate of drug-likeness (QED) is 0.296. The Kier molecular flexibility index (Phi) is 6.44. The topological polar surface area (TPSA) is 104 Å². The number of pyridine rings is 1. The summed E-state index contributed by atoms with van der Waals surface area (Å²) in [5.74, 6) is 2.74. The number of unbranched alkanes of at least 4 members (excludes halogenated alkanes) is 2. The van der Waals surface area contributed by atoms with E-state index in [9.17, 15) is 4.79 Å². The summed E-state index contributed by atoms with van der Waals surface area (Å²) in [7, 11) is 3.21. The molecule has 0 saturated heterocycles. The van der Waals surface area contributed by atoms with Crippen LogP contribution in [0.2, 0.25) is 0 Å². The van der Waals surface area contributed by atoms with Gasteiger partial charge in [0.15, 0.2) is 23.1 Å². The van der Waals surface area contributed by atoms with E-state index in [-0.39, 0.29) is 5.78 Å². The molecule has 166 valence electrons. The molecule has 0 fully saturated rings. The monoisotopic (exact) mass is 434 g/mol. The Bertz CT molecular complexity index is 1240. The first kappa shape index (κ1) is 21.5. The third kappa shape index (κ3) is 4.32. The number of aryl methyl sites for hydroxylation is 1. The van der Waals surface area contributed by atoms with Gasteiger partial charge in [0.25, 0.3) is 0 Å². The lowest BCUT2D eigenvalue weighted by atomic mass is 10.1. The number of carbonyl (C=O) groups is 1. The SMILES string of the molecule is COc1cc2nc(NCCCCCC(=O)c3ccccn3)c3nnc(C)n3c2cc1OC. The first-order valence-electron chi connectivity index (χ1n) is 10.6. The van der Waals surface area contributed by atoms with Crippen molar-refractivity contribution in [2.45, 2.75) is 32.6 Å². The molecule has 0 aliphatic heterocycles. The van der Waals surface area contributed by atoms with Crippen LogP contribution in [0.1, 0.15) is 42.0 Å². The number of Topliss-reactive ketones (excluding diaryl/α,β-unsaturated/α-hetero) is 1. The van der Waals surface area contributed by atoms with E-state index in [0.29, 0.717) is 41.6 Å². The highest BCUT2D eigenvalue weighted by Crippen LogP contribution is 2.33. The molecule has 32 heavy (non-hydrogen) atoms. The highest BCUT2D eigenvalue weighted by atomic mass is 16.5. The fraction of sp³-hybridized carbons (Fsp3) is 0.348. The van der Waals surface area contributed by atoms with Gasteiger partial charge in [0.2, 0.25) is 5.65 Å². The van der Waals surface area contributed by atoms with E-state index in [1.807, 2.05) is 35.6 Å². The maximum atomic E-state index is 12.1. The number of ether oxygens (including phenoxy) is 2. The van der Waals surface area contributed by atoms with Crippen LogP contribution in [0.3, 0.4) is 0 Å². The Morgan fingerprint density at radius 1 is 1.06 bits per heavy atom. The van der Waals surface area contributed by atoms with E-state index in [1.165, 1.54) is 0 Å². The van der Waals surface area contributed by atoms with Gasteiger partial charge < -0.3 is 14.8 Å². The third-order valence-electron chi connectivity index (χ3n) is 5.31. The molecular weight excluding hydrogens is 408 g/mol. The van der Waals surface area contributed by atoms with E-state index in [4.69, 9.17) is 14.5 Å². The van der Waals surface area contributed by atoms with Gasteiger partial charge in [-0.25, -0.2) is 4.98 Å². The lowest BCUT2D eigenvalue weighted by molar-refractivity contribution is 0.0974. The van der Waals surface area contributed by atoms with Gasteiger partial charge in [0, 0.05) is 31.3 Å². The molecule has 3 heterocycles. The molecule has 0 amide bonds. The van der Waals surface area contributed by atoms with Crippen LogP contribution < -0.4 is 14.8 Å². The van der Waals surface area contributed by atoms with Crippen LogP contribution in [0, 0.1) is 6.92 Å². The lowest BCUT2D eigenvalue weighted by Gasteiger charge is -2.13. The number of fused-ring (bicyclic) bond motifs is 3. The smallest absolute Gasteiger partial charge is 0.204 e. The molecule has 9 nitrogen and oxygen atoms in total. The van der Waals surface area contributed by atoms with Crippen LogP contribution in [-0.2, 0) is 0 Å². The first-order valence-corrected chi connectivity index (χ1v) is 10.6. The Morgan fingerprint density at radius 2 is 1.88 bits per heavy atom. The lowest BCUT2D eigenvalue weighted by Crippen LogP contribution is -2.07. The number of aromatic nitrogens is 5. The van der Waals surface area contributed by atoms with Crippen molar-refractivity contribution in [1.29, 1.82) is 0 Å². The van der Waals surface area contributed by atoms with Gasteiger partial charge >= 0.3 is 0 Å². The van der Waals surface area contributed by atoms with Crippen LogP contribution in [0.4, 0.5) is 5.82 Å². The second kappa shape index (κ2) is 9.59. The normalized spacial score (nSPS) is 11.1. The molecule has 0 saturated carbocycles. The molecule has 4 rings (SSSR count). The Hall–Kier alpha value is -3.75. The van der Waals surface area contributed by atoms with Gasteiger partial charge in [0.1, 0.15) is 11.5 Å². The van der Waals surface area contributed by atoms with Crippen molar-refractivity contribution in [3.8, 4) is 11.5 Å². The number of hydrogen-bond donors (Lipinski definition) is 1. The van der Waals surface area contributed by atoms with Gasteiger partial charge in [-0.15, -0.1) is 10.2 Å². The van der Waals surface area contributed by atoms with Gasteiger partial charge in [-0.05, 0) is 31.9 Å². The predicted octanol–water partition coefficient (Wildman–Crippen LogP) is 3.85. The Morgan fingerprint density at radius 3 is 2.62 bits per heavy atom. The second-order valence-corrected chi connectivity index (χ2v) is 7.44. The van der Waals surface area contributed by atoms with E-state index < -0.39 is 0 Å². The number of ketones is 1. The highest BCUT2D eigenvalue weighted by Gasteiger charge is 2.16. The molecule has 1 N–H and O–H groups in total. The fourth-order valence-electron chi connectivity index (χ4n) is 3.67. The number of carbonyl (C=O) groups excluding carboxylic acids is 1. The van der Waals surface area contributed by atoms with Crippen molar-refractivity contribution >= 4 is 28.3 Å². The van der Waals surface area contributed by atoms with Crippen molar-refractivity contribution in [2.24, 2.45) is 0 Å². The number of nitrogens with one attached hydrogen (secondary N) is 1.